The Morgan fingerprint density at radius 2 is 1.90 bits per heavy atom. The number of piperidine rings is 1. The van der Waals surface area contributed by atoms with Crippen molar-refractivity contribution in [1.82, 2.24) is 4.90 Å². The summed E-state index contributed by atoms with van der Waals surface area (Å²) in [5.74, 6) is 1.89. The zero-order valence-corrected chi connectivity index (χ0v) is 12.7. The molecule has 1 aromatic rings. The minimum Gasteiger partial charge on any atom is -0.494 e. The number of rotatable bonds is 7. The van der Waals surface area contributed by atoms with E-state index in [0.29, 0.717) is 0 Å². The van der Waals surface area contributed by atoms with Gasteiger partial charge in [0.05, 0.1) is 6.61 Å². The number of nitrogens with two attached hydrogens (primary N) is 1. The molecule has 0 aromatic heterocycles. The Labute approximate surface area is 123 Å². The SMILES string of the molecule is CCCC1CCN(CCCOc2ccc(N)cc2)CC1. The lowest BCUT2D eigenvalue weighted by atomic mass is 9.92. The van der Waals surface area contributed by atoms with E-state index in [1.54, 1.807) is 0 Å². The summed E-state index contributed by atoms with van der Waals surface area (Å²) in [6, 6.07) is 7.64. The van der Waals surface area contributed by atoms with Crippen LogP contribution in [0.2, 0.25) is 0 Å². The van der Waals surface area contributed by atoms with E-state index in [-0.39, 0.29) is 0 Å². The molecule has 0 radical (unpaired) electrons. The Bertz CT molecular complexity index is 369. The van der Waals surface area contributed by atoms with Crippen LogP contribution in [0.25, 0.3) is 0 Å². The number of hydrogen-bond acceptors (Lipinski definition) is 3. The van der Waals surface area contributed by atoms with E-state index in [9.17, 15) is 0 Å². The third kappa shape index (κ3) is 5.04. The Kier molecular flexibility index (Phi) is 6.19. The van der Waals surface area contributed by atoms with E-state index in [1.165, 1.54) is 38.8 Å². The molecular formula is C17H28N2O. The highest BCUT2D eigenvalue weighted by Crippen LogP contribution is 2.21. The quantitative estimate of drug-likeness (QED) is 0.611. The molecule has 0 aliphatic carbocycles. The van der Waals surface area contributed by atoms with Gasteiger partial charge in [0, 0.05) is 12.2 Å². The molecule has 3 nitrogen and oxygen atoms in total. The maximum Gasteiger partial charge on any atom is 0.119 e. The van der Waals surface area contributed by atoms with Crippen molar-refractivity contribution in [2.24, 2.45) is 5.92 Å². The van der Waals surface area contributed by atoms with E-state index in [0.717, 1.165) is 36.9 Å². The smallest absolute Gasteiger partial charge is 0.119 e. The van der Waals surface area contributed by atoms with E-state index in [2.05, 4.69) is 11.8 Å². The molecule has 1 aliphatic heterocycles. The molecule has 0 bridgehead atoms. The second-order valence-electron chi connectivity index (χ2n) is 5.84. The monoisotopic (exact) mass is 276 g/mol. The van der Waals surface area contributed by atoms with Gasteiger partial charge in [-0.2, -0.15) is 0 Å². The molecule has 1 saturated heterocycles. The molecule has 3 heteroatoms. The zero-order chi connectivity index (χ0) is 14.2. The Balaban J connectivity index is 1.56. The minimum absolute atomic E-state index is 0.785. The first-order valence-corrected chi connectivity index (χ1v) is 7.98. The van der Waals surface area contributed by atoms with Gasteiger partial charge in [-0.25, -0.2) is 0 Å². The third-order valence-corrected chi connectivity index (χ3v) is 4.17. The minimum atomic E-state index is 0.785. The summed E-state index contributed by atoms with van der Waals surface area (Å²) in [7, 11) is 0. The summed E-state index contributed by atoms with van der Waals surface area (Å²) in [5, 5.41) is 0. The summed E-state index contributed by atoms with van der Waals surface area (Å²) in [5.41, 5.74) is 6.43. The van der Waals surface area contributed by atoms with Gasteiger partial charge in [-0.05, 0) is 62.5 Å². The van der Waals surface area contributed by atoms with Crippen molar-refractivity contribution in [2.45, 2.75) is 39.0 Å². The second kappa shape index (κ2) is 8.15. The lowest BCUT2D eigenvalue weighted by Crippen LogP contribution is -2.34. The molecule has 2 N–H and O–H groups in total. The maximum atomic E-state index is 5.73. The highest BCUT2D eigenvalue weighted by Gasteiger charge is 2.17. The van der Waals surface area contributed by atoms with Crippen molar-refractivity contribution in [3.63, 3.8) is 0 Å². The highest BCUT2D eigenvalue weighted by atomic mass is 16.5. The van der Waals surface area contributed by atoms with E-state index >= 15 is 0 Å². The van der Waals surface area contributed by atoms with E-state index in [4.69, 9.17) is 10.5 Å². The molecule has 112 valence electrons. The standard InChI is InChI=1S/C17H28N2O/c1-2-4-15-9-12-19(13-10-15)11-3-14-20-17-7-5-16(18)6-8-17/h5-8,15H,2-4,9-14,18H2,1H3. The van der Waals surface area contributed by atoms with Gasteiger partial charge < -0.3 is 15.4 Å². The van der Waals surface area contributed by atoms with Gasteiger partial charge in [-0.15, -0.1) is 0 Å². The molecule has 0 saturated carbocycles. The molecule has 20 heavy (non-hydrogen) atoms. The maximum absolute atomic E-state index is 5.73. The van der Waals surface area contributed by atoms with Gasteiger partial charge in [0.25, 0.3) is 0 Å². The predicted octanol–water partition coefficient (Wildman–Crippen LogP) is 3.55. The van der Waals surface area contributed by atoms with Crippen LogP contribution in [0.3, 0.4) is 0 Å². The number of nitrogens with zero attached hydrogens (tertiary/aromatic N) is 1. The van der Waals surface area contributed by atoms with Crippen LogP contribution < -0.4 is 10.5 Å². The van der Waals surface area contributed by atoms with Crippen molar-refractivity contribution in [1.29, 1.82) is 0 Å². The zero-order valence-electron chi connectivity index (χ0n) is 12.7. The average molecular weight is 276 g/mol. The van der Waals surface area contributed by atoms with E-state index < -0.39 is 0 Å². The van der Waals surface area contributed by atoms with Crippen molar-refractivity contribution in [3.8, 4) is 5.75 Å². The van der Waals surface area contributed by atoms with Crippen molar-refractivity contribution in [3.05, 3.63) is 24.3 Å². The van der Waals surface area contributed by atoms with Crippen LogP contribution in [0, 0.1) is 5.92 Å². The molecule has 1 aromatic carbocycles. The summed E-state index contributed by atoms with van der Waals surface area (Å²) in [4.78, 5) is 2.58. The molecule has 0 atom stereocenters. The summed E-state index contributed by atoms with van der Waals surface area (Å²) >= 11 is 0. The Morgan fingerprint density at radius 3 is 2.55 bits per heavy atom. The van der Waals surface area contributed by atoms with Crippen molar-refractivity contribution < 1.29 is 4.74 Å². The molecule has 1 aliphatic rings. The average Bonchev–Trinajstić information content (AvgIpc) is 2.47. The normalized spacial score (nSPS) is 17.2. The van der Waals surface area contributed by atoms with Crippen LogP contribution in [0.4, 0.5) is 5.69 Å². The summed E-state index contributed by atoms with van der Waals surface area (Å²) in [6.07, 6.45) is 6.61. The molecule has 1 heterocycles. The molecule has 1 fully saturated rings. The first-order valence-electron chi connectivity index (χ1n) is 7.98. The van der Waals surface area contributed by atoms with Crippen LogP contribution in [0.15, 0.2) is 24.3 Å². The Morgan fingerprint density at radius 1 is 1.20 bits per heavy atom. The molecular weight excluding hydrogens is 248 g/mol. The predicted molar refractivity (Wildman–Crippen MR) is 85.0 cm³/mol. The third-order valence-electron chi connectivity index (χ3n) is 4.17. The molecule has 0 amide bonds. The van der Waals surface area contributed by atoms with Crippen LogP contribution in [-0.2, 0) is 0 Å². The van der Waals surface area contributed by atoms with Gasteiger partial charge in [0.2, 0.25) is 0 Å². The van der Waals surface area contributed by atoms with Crippen molar-refractivity contribution >= 4 is 5.69 Å². The molecule has 2 rings (SSSR count). The number of anilines is 1. The van der Waals surface area contributed by atoms with Crippen LogP contribution >= 0.6 is 0 Å². The van der Waals surface area contributed by atoms with Gasteiger partial charge in [0.15, 0.2) is 0 Å². The fourth-order valence-corrected chi connectivity index (χ4v) is 2.95. The molecule has 0 spiro atoms. The van der Waals surface area contributed by atoms with Gasteiger partial charge in [-0.3, -0.25) is 0 Å². The first kappa shape index (κ1) is 15.2. The molecule has 0 unspecified atom stereocenters. The van der Waals surface area contributed by atoms with Crippen LogP contribution in [0.1, 0.15) is 39.0 Å². The van der Waals surface area contributed by atoms with Gasteiger partial charge in [0.1, 0.15) is 5.75 Å². The first-order chi connectivity index (χ1) is 9.78. The number of nitrogen functional groups attached to an aromatic ring is 1. The lowest BCUT2D eigenvalue weighted by molar-refractivity contribution is 0.166. The summed E-state index contributed by atoms with van der Waals surface area (Å²) < 4.78 is 5.73. The highest BCUT2D eigenvalue weighted by molar-refractivity contribution is 5.41. The number of ether oxygens (including phenoxy) is 1. The van der Waals surface area contributed by atoms with Crippen LogP contribution in [0.5, 0.6) is 5.75 Å². The number of likely N-dealkylation sites (tertiary alicyclic amines) is 1. The number of benzene rings is 1. The Hall–Kier alpha value is -1.22. The number of hydrogen-bond donors (Lipinski definition) is 1. The van der Waals surface area contributed by atoms with Crippen molar-refractivity contribution in [2.75, 3.05) is 32.0 Å². The lowest BCUT2D eigenvalue weighted by Gasteiger charge is -2.31. The largest absolute Gasteiger partial charge is 0.494 e. The second-order valence-corrected chi connectivity index (χ2v) is 5.84. The van der Waals surface area contributed by atoms with Gasteiger partial charge >= 0.3 is 0 Å². The fourth-order valence-electron chi connectivity index (χ4n) is 2.95. The summed E-state index contributed by atoms with van der Waals surface area (Å²) in [6.45, 7) is 6.78. The topological polar surface area (TPSA) is 38.5 Å². The van der Waals surface area contributed by atoms with E-state index in [1.807, 2.05) is 24.3 Å². The van der Waals surface area contributed by atoms with Crippen LogP contribution in [-0.4, -0.2) is 31.1 Å². The van der Waals surface area contributed by atoms with Gasteiger partial charge in [-0.1, -0.05) is 19.8 Å². The fraction of sp³-hybridized carbons (Fsp3) is 0.647.